The van der Waals surface area contributed by atoms with Gasteiger partial charge in [0.15, 0.2) is 0 Å². The number of methoxy groups -OCH3 is 1. The molecule has 0 aromatic heterocycles. The van der Waals surface area contributed by atoms with Gasteiger partial charge in [-0.1, -0.05) is 24.3 Å². The third-order valence-electron chi connectivity index (χ3n) is 5.53. The number of hydrogen-bond donors (Lipinski definition) is 0. The van der Waals surface area contributed by atoms with Crippen molar-refractivity contribution in [1.29, 1.82) is 0 Å². The van der Waals surface area contributed by atoms with Crippen LogP contribution in [0.2, 0.25) is 0 Å². The monoisotopic (exact) mass is 402 g/mol. The summed E-state index contributed by atoms with van der Waals surface area (Å²) in [7, 11) is 9.47. The van der Waals surface area contributed by atoms with Crippen molar-refractivity contribution in [1.82, 2.24) is 0 Å². The predicted molar refractivity (Wildman–Crippen MR) is 120 cm³/mol. The molecule has 5 nitrogen and oxygen atoms in total. The molecule has 1 aliphatic heterocycles. The molecule has 0 unspecified atom stereocenters. The summed E-state index contributed by atoms with van der Waals surface area (Å²) in [5, 5.41) is 0. The highest BCUT2D eigenvalue weighted by Gasteiger charge is 2.29. The summed E-state index contributed by atoms with van der Waals surface area (Å²) in [5.41, 5.74) is 6.03. The van der Waals surface area contributed by atoms with Crippen molar-refractivity contribution < 1.29 is 14.3 Å². The molecule has 154 valence electrons. The Morgan fingerprint density at radius 2 is 1.30 bits per heavy atom. The molecule has 0 fully saturated rings. The molecule has 0 bridgehead atoms. The zero-order chi connectivity index (χ0) is 21.4. The van der Waals surface area contributed by atoms with Gasteiger partial charge in [-0.3, -0.25) is 0 Å². The lowest BCUT2D eigenvalue weighted by Crippen LogP contribution is -2.15. The number of anilines is 2. The molecule has 3 aromatic rings. The fourth-order valence-corrected chi connectivity index (χ4v) is 3.83. The molecule has 0 saturated carbocycles. The fraction of sp³-hybridized carbons (Fsp3) is 0.240. The van der Waals surface area contributed by atoms with Crippen LogP contribution in [0.3, 0.4) is 0 Å². The third-order valence-corrected chi connectivity index (χ3v) is 5.53. The van der Waals surface area contributed by atoms with Gasteiger partial charge < -0.3 is 19.3 Å². The smallest absolute Gasteiger partial charge is 0.337 e. The van der Waals surface area contributed by atoms with Crippen molar-refractivity contribution in [2.24, 2.45) is 0 Å². The lowest BCUT2D eigenvalue weighted by Gasteiger charge is -2.30. The Hall–Kier alpha value is -3.47. The number of esters is 1. The van der Waals surface area contributed by atoms with Crippen molar-refractivity contribution in [3.8, 4) is 11.5 Å². The molecule has 0 spiro atoms. The van der Waals surface area contributed by atoms with E-state index < -0.39 is 0 Å². The lowest BCUT2D eigenvalue weighted by molar-refractivity contribution is 0.0600. The highest BCUT2D eigenvalue weighted by molar-refractivity contribution is 5.89. The summed E-state index contributed by atoms with van der Waals surface area (Å²) < 4.78 is 11.2. The second-order valence-corrected chi connectivity index (χ2v) is 7.88. The third kappa shape index (κ3) is 3.47. The summed E-state index contributed by atoms with van der Waals surface area (Å²) in [6.07, 6.45) is 0. The number of nitrogens with zero attached hydrogens (tertiary/aromatic N) is 2. The maximum Gasteiger partial charge on any atom is 0.337 e. The largest absolute Gasteiger partial charge is 0.465 e. The number of rotatable bonds is 4. The molecule has 30 heavy (non-hydrogen) atoms. The highest BCUT2D eigenvalue weighted by Crippen LogP contribution is 2.49. The summed E-state index contributed by atoms with van der Waals surface area (Å²) in [5.74, 6) is 1.39. The number of hydrogen-bond acceptors (Lipinski definition) is 5. The Bertz CT molecular complexity index is 1030. The van der Waals surface area contributed by atoms with E-state index in [0.717, 1.165) is 39.6 Å². The Morgan fingerprint density at radius 3 is 1.73 bits per heavy atom. The van der Waals surface area contributed by atoms with Gasteiger partial charge in [0.2, 0.25) is 0 Å². The van der Waals surface area contributed by atoms with Gasteiger partial charge in [-0.2, -0.15) is 0 Å². The Balaban J connectivity index is 1.86. The van der Waals surface area contributed by atoms with Crippen LogP contribution in [0.5, 0.6) is 11.5 Å². The van der Waals surface area contributed by atoms with Crippen LogP contribution in [0.4, 0.5) is 11.4 Å². The van der Waals surface area contributed by atoms with Gasteiger partial charge in [0.05, 0.1) is 12.7 Å². The molecule has 0 radical (unpaired) electrons. The molecule has 3 aromatic carbocycles. The molecule has 1 heterocycles. The van der Waals surface area contributed by atoms with Crippen LogP contribution in [0.15, 0.2) is 60.7 Å². The van der Waals surface area contributed by atoms with E-state index in [0.29, 0.717) is 5.56 Å². The summed E-state index contributed by atoms with van der Waals surface area (Å²) >= 11 is 0. The first kappa shape index (κ1) is 19.8. The van der Waals surface area contributed by atoms with Gasteiger partial charge in [0, 0.05) is 68.7 Å². The van der Waals surface area contributed by atoms with Crippen molar-refractivity contribution in [2.45, 2.75) is 5.92 Å². The number of carbonyl (C=O) groups excluding carboxylic acids is 1. The molecule has 0 N–H and O–H groups in total. The maximum atomic E-state index is 11.8. The molecular formula is C25H26N2O3. The van der Waals surface area contributed by atoms with E-state index >= 15 is 0 Å². The van der Waals surface area contributed by atoms with Crippen molar-refractivity contribution in [2.75, 3.05) is 45.1 Å². The molecule has 5 heteroatoms. The van der Waals surface area contributed by atoms with Crippen molar-refractivity contribution >= 4 is 17.3 Å². The highest BCUT2D eigenvalue weighted by atomic mass is 16.5. The van der Waals surface area contributed by atoms with Crippen LogP contribution in [-0.4, -0.2) is 41.3 Å². The second-order valence-electron chi connectivity index (χ2n) is 7.88. The van der Waals surface area contributed by atoms with Gasteiger partial charge in [0.1, 0.15) is 11.5 Å². The second kappa shape index (κ2) is 7.75. The van der Waals surface area contributed by atoms with E-state index in [1.165, 1.54) is 7.11 Å². The van der Waals surface area contributed by atoms with E-state index in [4.69, 9.17) is 9.47 Å². The van der Waals surface area contributed by atoms with E-state index in [9.17, 15) is 4.79 Å². The molecule has 0 aliphatic carbocycles. The Morgan fingerprint density at radius 1 is 0.800 bits per heavy atom. The minimum atomic E-state index is -0.333. The predicted octanol–water partition coefficient (Wildman–Crippen LogP) is 4.89. The quantitative estimate of drug-likeness (QED) is 0.455. The Labute approximate surface area is 177 Å². The number of benzene rings is 3. The van der Waals surface area contributed by atoms with Gasteiger partial charge in [-0.25, -0.2) is 4.79 Å². The number of fused-ring (bicyclic) bond motifs is 2. The lowest BCUT2D eigenvalue weighted by atomic mass is 9.82. The van der Waals surface area contributed by atoms with Gasteiger partial charge >= 0.3 is 5.97 Å². The standard InChI is InChI=1S/C25H26N2O3/c1-26(2)18-10-12-20-22(14-18)30-23-15-19(27(3)4)11-13-21(23)24(20)16-6-8-17(9-7-16)25(28)29-5/h6-15,24H,1-5H3. The average molecular weight is 402 g/mol. The number of carbonyl (C=O) groups is 1. The van der Waals surface area contributed by atoms with Crippen LogP contribution in [0.1, 0.15) is 33.0 Å². The first-order valence-electron chi connectivity index (χ1n) is 9.87. The van der Waals surface area contributed by atoms with Crippen LogP contribution >= 0.6 is 0 Å². The maximum absolute atomic E-state index is 11.8. The zero-order valence-corrected chi connectivity index (χ0v) is 18.0. The minimum absolute atomic E-state index is 0.0165. The summed E-state index contributed by atoms with van der Waals surface area (Å²) in [4.78, 5) is 16.0. The van der Waals surface area contributed by atoms with Crippen LogP contribution in [0.25, 0.3) is 0 Å². The number of ether oxygens (including phenoxy) is 2. The summed E-state index contributed by atoms with van der Waals surface area (Å²) in [6.45, 7) is 0. The molecule has 0 amide bonds. The normalized spacial score (nSPS) is 12.4. The van der Waals surface area contributed by atoms with E-state index in [-0.39, 0.29) is 11.9 Å². The van der Waals surface area contributed by atoms with Crippen molar-refractivity contribution in [3.05, 3.63) is 82.9 Å². The SMILES string of the molecule is COC(=O)c1ccc(C2c3ccc(N(C)C)cc3Oc3cc(N(C)C)ccc32)cc1. The van der Waals surface area contributed by atoms with E-state index in [1.54, 1.807) is 0 Å². The molecular weight excluding hydrogens is 376 g/mol. The minimum Gasteiger partial charge on any atom is -0.465 e. The molecule has 0 atom stereocenters. The first-order chi connectivity index (χ1) is 14.4. The molecule has 0 saturated heterocycles. The summed E-state index contributed by atoms with van der Waals surface area (Å²) in [6, 6.07) is 20.3. The first-order valence-corrected chi connectivity index (χ1v) is 9.87. The average Bonchev–Trinajstić information content (AvgIpc) is 2.76. The van der Waals surface area contributed by atoms with Crippen LogP contribution in [0, 0.1) is 0 Å². The zero-order valence-electron chi connectivity index (χ0n) is 18.0. The van der Waals surface area contributed by atoms with Crippen molar-refractivity contribution in [3.63, 3.8) is 0 Å². The molecule has 4 rings (SSSR count). The van der Waals surface area contributed by atoms with E-state index in [2.05, 4.69) is 46.2 Å². The Kier molecular flexibility index (Phi) is 5.12. The topological polar surface area (TPSA) is 42.0 Å². The van der Waals surface area contributed by atoms with Gasteiger partial charge in [0.25, 0.3) is 0 Å². The van der Waals surface area contributed by atoms with E-state index in [1.807, 2.05) is 52.5 Å². The fourth-order valence-electron chi connectivity index (χ4n) is 3.83. The van der Waals surface area contributed by atoms with Crippen LogP contribution < -0.4 is 14.5 Å². The molecule has 1 aliphatic rings. The van der Waals surface area contributed by atoms with Crippen LogP contribution in [-0.2, 0) is 4.74 Å². The van der Waals surface area contributed by atoms with Gasteiger partial charge in [-0.15, -0.1) is 0 Å². The van der Waals surface area contributed by atoms with Gasteiger partial charge in [-0.05, 0) is 29.8 Å².